The number of fused-ring (bicyclic) bond motifs is 1. The zero-order valence-electron chi connectivity index (χ0n) is 22.4. The van der Waals surface area contributed by atoms with Crippen LogP contribution in [-0.2, 0) is 25.4 Å². The number of hydrogen-bond donors (Lipinski definition) is 3. The number of carbonyl (C=O) groups is 1. The van der Waals surface area contributed by atoms with Gasteiger partial charge >= 0.3 is 5.97 Å². The maximum atomic E-state index is 14.2. The van der Waals surface area contributed by atoms with E-state index in [0.29, 0.717) is 36.6 Å². The van der Waals surface area contributed by atoms with Crippen molar-refractivity contribution in [2.45, 2.75) is 72.2 Å². The van der Waals surface area contributed by atoms with E-state index in [4.69, 9.17) is 15.2 Å². The number of esters is 1. The molecule has 3 aromatic rings. The van der Waals surface area contributed by atoms with Gasteiger partial charge in [0.25, 0.3) is 0 Å². The number of nitrogens with one attached hydrogen (secondary N) is 2. The zero-order chi connectivity index (χ0) is 27.2. The first-order valence-electron chi connectivity index (χ1n) is 12.4. The maximum absolute atomic E-state index is 14.2. The molecule has 0 spiro atoms. The lowest BCUT2D eigenvalue weighted by molar-refractivity contribution is -0.149. The summed E-state index contributed by atoms with van der Waals surface area (Å²) in [7, 11) is -3.45. The number of anilines is 1. The Hall–Kier alpha value is -2.85. The minimum atomic E-state index is -3.45. The van der Waals surface area contributed by atoms with Gasteiger partial charge < -0.3 is 19.8 Å². The van der Waals surface area contributed by atoms with E-state index in [-0.39, 0.29) is 18.5 Å². The van der Waals surface area contributed by atoms with Crippen molar-refractivity contribution in [1.29, 1.82) is 0 Å². The van der Waals surface area contributed by atoms with E-state index in [2.05, 4.69) is 25.1 Å². The Morgan fingerprint density at radius 2 is 1.89 bits per heavy atom. The zero-order valence-corrected chi connectivity index (χ0v) is 23.3. The minimum absolute atomic E-state index is 0.154. The Morgan fingerprint density at radius 3 is 2.57 bits per heavy atom. The molecular weight excluding hydrogens is 493 g/mol. The lowest BCUT2D eigenvalue weighted by Crippen LogP contribution is -2.49. The fourth-order valence-corrected chi connectivity index (χ4v) is 6.25. The largest absolute Gasteiger partial charge is 0.464 e. The molecule has 0 aliphatic carbocycles. The molecule has 0 unspecified atom stereocenters. The average molecular weight is 532 g/mol. The second-order valence-electron chi connectivity index (χ2n) is 9.81. The van der Waals surface area contributed by atoms with E-state index in [9.17, 15) is 9.36 Å². The molecule has 3 atom stereocenters. The van der Waals surface area contributed by atoms with Crippen LogP contribution >= 0.6 is 7.44 Å². The van der Waals surface area contributed by atoms with Gasteiger partial charge in [0.05, 0.1) is 25.6 Å². The molecule has 11 nitrogen and oxygen atoms in total. The summed E-state index contributed by atoms with van der Waals surface area (Å²) < 4.78 is 27.4. The molecule has 0 aliphatic rings. The molecule has 0 bridgehead atoms. The van der Waals surface area contributed by atoms with Gasteiger partial charge in [0.1, 0.15) is 23.7 Å². The van der Waals surface area contributed by atoms with Crippen molar-refractivity contribution in [2.24, 2.45) is 0 Å². The third-order valence-corrected chi connectivity index (χ3v) is 8.05. The van der Waals surface area contributed by atoms with Gasteiger partial charge in [-0.2, -0.15) is 0 Å². The minimum Gasteiger partial charge on any atom is -0.464 e. The van der Waals surface area contributed by atoms with Crippen LogP contribution in [0.4, 0.5) is 5.82 Å². The summed E-state index contributed by atoms with van der Waals surface area (Å²) in [6.07, 6.45) is 3.20. The number of benzene rings is 1. The van der Waals surface area contributed by atoms with Crippen molar-refractivity contribution in [1.82, 2.24) is 29.7 Å². The molecule has 0 saturated carbocycles. The molecule has 0 amide bonds. The van der Waals surface area contributed by atoms with Gasteiger partial charge in [-0.1, -0.05) is 36.8 Å². The second kappa shape index (κ2) is 12.1. The SMILES string of the molecule is CCCOC(=O)C(C)(C)N[P@@](=O)(CO[C@H](C)Cn1cnc2c(N)ncnc21)N[C@H](C)c1ccc(C)cc1. The summed E-state index contributed by atoms with van der Waals surface area (Å²) in [5, 5.41) is 6.23. The molecule has 37 heavy (non-hydrogen) atoms. The van der Waals surface area contributed by atoms with Gasteiger partial charge in [-0.3, -0.25) is 9.36 Å². The van der Waals surface area contributed by atoms with Crippen LogP contribution in [0.5, 0.6) is 0 Å². The predicted octanol–water partition coefficient (Wildman–Crippen LogP) is 3.94. The monoisotopic (exact) mass is 531 g/mol. The van der Waals surface area contributed by atoms with Gasteiger partial charge in [0, 0.05) is 6.04 Å². The number of ether oxygens (including phenoxy) is 2. The van der Waals surface area contributed by atoms with Crippen molar-refractivity contribution in [3.8, 4) is 0 Å². The van der Waals surface area contributed by atoms with E-state index in [1.807, 2.05) is 56.5 Å². The molecule has 202 valence electrons. The third kappa shape index (κ3) is 7.58. The average Bonchev–Trinajstić information content (AvgIpc) is 3.25. The summed E-state index contributed by atoms with van der Waals surface area (Å²) >= 11 is 0. The summed E-state index contributed by atoms with van der Waals surface area (Å²) in [4.78, 5) is 25.2. The van der Waals surface area contributed by atoms with Gasteiger partial charge in [-0.15, -0.1) is 0 Å². The highest BCUT2D eigenvalue weighted by atomic mass is 31.2. The molecule has 4 N–H and O–H groups in total. The Kier molecular flexibility index (Phi) is 9.41. The Labute approximate surface area is 218 Å². The van der Waals surface area contributed by atoms with Crippen LogP contribution in [0.1, 0.15) is 58.2 Å². The van der Waals surface area contributed by atoms with E-state index in [1.165, 1.54) is 6.33 Å². The Balaban J connectivity index is 1.76. The first-order chi connectivity index (χ1) is 17.4. The summed E-state index contributed by atoms with van der Waals surface area (Å²) in [5.74, 6) is -0.174. The smallest absolute Gasteiger partial charge is 0.326 e. The molecule has 1 aromatic carbocycles. The third-order valence-electron chi connectivity index (χ3n) is 5.81. The van der Waals surface area contributed by atoms with E-state index < -0.39 is 19.0 Å². The quantitative estimate of drug-likeness (QED) is 0.219. The van der Waals surface area contributed by atoms with Crippen LogP contribution in [0, 0.1) is 6.92 Å². The van der Waals surface area contributed by atoms with Gasteiger partial charge in [0.2, 0.25) is 7.44 Å². The van der Waals surface area contributed by atoms with Crippen molar-refractivity contribution < 1.29 is 18.8 Å². The number of nitrogens with two attached hydrogens (primary N) is 1. The Bertz CT molecular complexity index is 1250. The maximum Gasteiger partial charge on any atom is 0.326 e. The lowest BCUT2D eigenvalue weighted by atomic mass is 10.1. The van der Waals surface area contributed by atoms with Gasteiger partial charge in [-0.25, -0.2) is 25.1 Å². The number of imidazole rings is 1. The molecular formula is C25H38N7O4P. The molecule has 0 radical (unpaired) electrons. The van der Waals surface area contributed by atoms with Crippen molar-refractivity contribution >= 4 is 30.4 Å². The first kappa shape index (κ1) is 28.7. The molecule has 2 heterocycles. The first-order valence-corrected chi connectivity index (χ1v) is 14.3. The highest BCUT2D eigenvalue weighted by Crippen LogP contribution is 2.42. The number of nitrogens with zero attached hydrogens (tertiary/aromatic N) is 4. The summed E-state index contributed by atoms with van der Waals surface area (Å²) in [5.41, 5.74) is 7.89. The number of aromatic nitrogens is 4. The van der Waals surface area contributed by atoms with Gasteiger partial charge in [0.15, 0.2) is 11.5 Å². The number of carbonyl (C=O) groups excluding carboxylic acids is 1. The standard InChI is InChI=1S/C25H38N7O4P/c1-7-12-35-24(33)25(5,6)31-37(34,30-19(4)20-10-8-17(2)9-11-20)16-36-18(3)13-32-15-29-21-22(26)27-14-28-23(21)32/h8-11,14-15,18-19H,7,12-13,16H2,1-6H3,(H2,26,27,28)(H2,30,31,34)/t18-,19-,37-/m1/s1. The molecule has 0 saturated heterocycles. The van der Waals surface area contributed by atoms with Crippen molar-refractivity contribution in [2.75, 3.05) is 18.7 Å². The van der Waals surface area contributed by atoms with E-state index >= 15 is 0 Å². The van der Waals surface area contributed by atoms with Crippen molar-refractivity contribution in [3.05, 3.63) is 48.0 Å². The number of rotatable bonds is 13. The fraction of sp³-hybridized carbons (Fsp3) is 0.520. The molecule has 2 aromatic heterocycles. The van der Waals surface area contributed by atoms with Crippen LogP contribution in [0.25, 0.3) is 11.2 Å². The molecule has 3 rings (SSSR count). The lowest BCUT2D eigenvalue weighted by Gasteiger charge is -2.33. The van der Waals surface area contributed by atoms with Crippen LogP contribution < -0.4 is 15.9 Å². The molecule has 12 heteroatoms. The van der Waals surface area contributed by atoms with Crippen LogP contribution in [0.2, 0.25) is 0 Å². The van der Waals surface area contributed by atoms with Gasteiger partial charge in [-0.05, 0) is 46.6 Å². The van der Waals surface area contributed by atoms with Crippen LogP contribution in [-0.4, -0.2) is 50.1 Å². The number of aryl methyl sites for hydroxylation is 1. The normalized spacial score (nSPS) is 15.3. The number of hydrogen-bond acceptors (Lipinski definition) is 8. The van der Waals surface area contributed by atoms with E-state index in [1.54, 1.807) is 20.2 Å². The Morgan fingerprint density at radius 1 is 1.19 bits per heavy atom. The summed E-state index contributed by atoms with van der Waals surface area (Å²) in [6, 6.07) is 7.71. The highest BCUT2D eigenvalue weighted by molar-refractivity contribution is 7.59. The molecule has 0 fully saturated rings. The van der Waals surface area contributed by atoms with Crippen LogP contribution in [0.15, 0.2) is 36.9 Å². The second-order valence-corrected chi connectivity index (χ2v) is 12.0. The fourth-order valence-electron chi connectivity index (χ4n) is 3.81. The highest BCUT2D eigenvalue weighted by Gasteiger charge is 2.38. The topological polar surface area (TPSA) is 146 Å². The summed E-state index contributed by atoms with van der Waals surface area (Å²) in [6.45, 7) is 11.7. The number of nitrogen functional groups attached to an aromatic ring is 1. The predicted molar refractivity (Wildman–Crippen MR) is 144 cm³/mol. The van der Waals surface area contributed by atoms with E-state index in [0.717, 1.165) is 11.1 Å². The van der Waals surface area contributed by atoms with Crippen LogP contribution in [0.3, 0.4) is 0 Å². The molecule has 0 aliphatic heterocycles. The van der Waals surface area contributed by atoms with Crippen molar-refractivity contribution in [3.63, 3.8) is 0 Å².